The fourth-order valence-corrected chi connectivity index (χ4v) is 11.0. The van der Waals surface area contributed by atoms with Crippen LogP contribution in [-0.2, 0) is 32.2 Å². The van der Waals surface area contributed by atoms with Gasteiger partial charge in [0.25, 0.3) is 0 Å². The molecule has 0 radical (unpaired) electrons. The summed E-state index contributed by atoms with van der Waals surface area (Å²) >= 11 is 0.844. The van der Waals surface area contributed by atoms with Crippen LogP contribution in [0.15, 0.2) is 6.20 Å². The van der Waals surface area contributed by atoms with Gasteiger partial charge in [-0.05, 0) is 84.8 Å². The fraction of sp³-hybridized carbons (Fsp3) is 0.591. The average molecular weight is 873 g/mol. The summed E-state index contributed by atoms with van der Waals surface area (Å²) < 4.78 is 63.3. The molecule has 5 fully saturated rings. The van der Waals surface area contributed by atoms with Crippen molar-refractivity contribution in [1.29, 1.82) is 5.26 Å². The Morgan fingerprint density at radius 2 is 1.73 bits per heavy atom. The van der Waals surface area contributed by atoms with E-state index in [1.807, 2.05) is 20.8 Å². The molecule has 2 amide bonds. The Labute approximate surface area is 361 Å². The van der Waals surface area contributed by atoms with Gasteiger partial charge < -0.3 is 33.5 Å². The van der Waals surface area contributed by atoms with Crippen molar-refractivity contribution in [3.05, 3.63) is 34.5 Å². The molecule has 4 saturated heterocycles. The fourth-order valence-electron chi connectivity index (χ4n) is 9.91. The number of nitriles is 1. The molecule has 1 saturated carbocycles. The smallest absolute Gasteiger partial charge is 0.412 e. The van der Waals surface area contributed by atoms with E-state index in [0.29, 0.717) is 48.1 Å². The van der Waals surface area contributed by atoms with Gasteiger partial charge in [-0.25, -0.2) is 18.4 Å². The number of thiophene rings is 1. The van der Waals surface area contributed by atoms with E-state index in [-0.39, 0.29) is 86.3 Å². The van der Waals surface area contributed by atoms with Crippen molar-refractivity contribution >= 4 is 55.3 Å². The van der Waals surface area contributed by atoms with Crippen LogP contribution in [0.2, 0.25) is 0 Å². The van der Waals surface area contributed by atoms with E-state index in [2.05, 4.69) is 26.2 Å². The largest absolute Gasteiger partial charge is 0.463 e. The van der Waals surface area contributed by atoms with E-state index in [1.165, 1.54) is 0 Å². The SMILES string of the molecule is CC(C)(C)OC(=O)Nc1sc2c(F)cnc(-c3c4c(c5c(N6C7CCC6CN(C(=O)OC(C)(C)C)C7)nc(OCC6(CN7C[C@H]8C[C@@H]7CO8)CC6)nc5c3F)COC4)c2c1C#N. The Morgan fingerprint density at radius 3 is 2.37 bits per heavy atom. The van der Waals surface area contributed by atoms with Crippen LogP contribution in [-0.4, -0.2) is 112 Å². The van der Waals surface area contributed by atoms with Crippen LogP contribution in [0.3, 0.4) is 0 Å². The number of pyridine rings is 1. The van der Waals surface area contributed by atoms with Gasteiger partial charge >= 0.3 is 18.2 Å². The minimum absolute atomic E-state index is 0.00992. The molecular weight excluding hydrogens is 823 g/mol. The number of fused-ring (bicyclic) bond motifs is 8. The summed E-state index contributed by atoms with van der Waals surface area (Å²) in [7, 11) is 0. The van der Waals surface area contributed by atoms with E-state index in [0.717, 1.165) is 69.3 Å². The lowest BCUT2D eigenvalue weighted by atomic mass is 9.93. The summed E-state index contributed by atoms with van der Waals surface area (Å²) in [6.07, 6.45) is 4.65. The minimum Gasteiger partial charge on any atom is -0.463 e. The summed E-state index contributed by atoms with van der Waals surface area (Å²) in [5.41, 5.74) is -0.509. The molecule has 1 aromatic carbocycles. The molecule has 18 heteroatoms. The normalized spacial score (nSPS) is 23.9. The molecule has 6 aliphatic rings. The van der Waals surface area contributed by atoms with Gasteiger partial charge in [-0.3, -0.25) is 15.2 Å². The zero-order valence-electron chi connectivity index (χ0n) is 35.7. The highest BCUT2D eigenvalue weighted by Gasteiger charge is 2.50. The third kappa shape index (κ3) is 7.33. The maximum atomic E-state index is 18.0. The Kier molecular flexibility index (Phi) is 9.82. The van der Waals surface area contributed by atoms with Gasteiger partial charge in [0.05, 0.1) is 60.1 Å². The number of ether oxygens (including phenoxy) is 5. The first-order valence-electron chi connectivity index (χ1n) is 21.4. The third-order valence-corrected chi connectivity index (χ3v) is 13.9. The number of nitrogens with one attached hydrogen (secondary N) is 1. The molecule has 62 heavy (non-hydrogen) atoms. The van der Waals surface area contributed by atoms with E-state index < -0.39 is 28.9 Å². The lowest BCUT2D eigenvalue weighted by Crippen LogP contribution is -2.56. The molecule has 3 aromatic heterocycles. The molecule has 328 valence electrons. The van der Waals surface area contributed by atoms with Crippen molar-refractivity contribution in [2.24, 2.45) is 5.41 Å². The van der Waals surface area contributed by atoms with E-state index in [1.54, 1.807) is 25.7 Å². The van der Waals surface area contributed by atoms with Gasteiger partial charge in [-0.15, -0.1) is 11.3 Å². The molecule has 1 N–H and O–H groups in total. The maximum Gasteiger partial charge on any atom is 0.412 e. The number of carbonyl (C=O) groups is 2. The number of morpholine rings is 1. The highest BCUT2D eigenvalue weighted by Crippen LogP contribution is 2.51. The number of benzene rings is 1. The average Bonchev–Trinajstić information content (AvgIpc) is 3.71. The number of hydrogen-bond donors (Lipinski definition) is 1. The summed E-state index contributed by atoms with van der Waals surface area (Å²) in [5.74, 6) is -0.980. The van der Waals surface area contributed by atoms with Gasteiger partial charge in [0, 0.05) is 60.7 Å². The van der Waals surface area contributed by atoms with Gasteiger partial charge in [-0.1, -0.05) is 0 Å². The van der Waals surface area contributed by atoms with Gasteiger partial charge in [0.1, 0.15) is 33.6 Å². The standard InChI is InChI=1S/C44H50F2N8O7S/c1-42(2,3)60-40(55)51-38-26(12-47)31-34(48-13-29(45)36(31)62-38)30-27-18-57-19-28(27)32-35(33(30)46)49-39(59-21-44(9-10-44)20-53-16-25-11-24(53)17-58-25)50-37(32)54-22-7-8-23(54)15-52(14-22)41(56)61-43(4,5)6/h13,22-25H,7-11,14-21H2,1-6H3,(H,51,55)/t22?,23?,24-,25-/m1/s1. The van der Waals surface area contributed by atoms with E-state index in [9.17, 15) is 14.9 Å². The minimum atomic E-state index is -0.836. The third-order valence-electron chi connectivity index (χ3n) is 12.8. The molecule has 8 heterocycles. The number of likely N-dealkylation sites (tertiary alicyclic amines) is 2. The Bertz CT molecular complexity index is 2550. The quantitative estimate of drug-likeness (QED) is 0.184. The Morgan fingerprint density at radius 1 is 1.00 bits per heavy atom. The first-order valence-corrected chi connectivity index (χ1v) is 22.2. The molecule has 0 spiro atoms. The lowest BCUT2D eigenvalue weighted by Gasteiger charge is -2.42. The van der Waals surface area contributed by atoms with Crippen LogP contribution in [0.1, 0.15) is 90.3 Å². The van der Waals surface area contributed by atoms with Crippen molar-refractivity contribution < 1.29 is 42.1 Å². The highest BCUT2D eigenvalue weighted by atomic mass is 32.1. The predicted molar refractivity (Wildman–Crippen MR) is 225 cm³/mol. The topological polar surface area (TPSA) is 164 Å². The molecule has 15 nitrogen and oxygen atoms in total. The van der Waals surface area contributed by atoms with Crippen molar-refractivity contribution in [2.75, 3.05) is 49.6 Å². The van der Waals surface area contributed by atoms with Gasteiger partial charge in [0.15, 0.2) is 11.6 Å². The zero-order chi connectivity index (χ0) is 43.5. The summed E-state index contributed by atoms with van der Waals surface area (Å²) in [5, 5.41) is 13.7. The molecule has 10 rings (SSSR count). The number of aromatic nitrogens is 3. The number of hydrogen-bond acceptors (Lipinski definition) is 14. The molecule has 4 atom stereocenters. The molecule has 4 aromatic rings. The first-order chi connectivity index (χ1) is 29.5. The molecule has 5 aliphatic heterocycles. The second kappa shape index (κ2) is 14.8. The van der Waals surface area contributed by atoms with E-state index >= 15 is 8.78 Å². The lowest BCUT2D eigenvalue weighted by molar-refractivity contribution is 0.0176. The van der Waals surface area contributed by atoms with Crippen molar-refractivity contribution in [2.45, 2.75) is 122 Å². The van der Waals surface area contributed by atoms with Crippen LogP contribution in [0, 0.1) is 28.4 Å². The maximum absolute atomic E-state index is 18.0. The first kappa shape index (κ1) is 41.1. The Hall–Kier alpha value is -4.96. The number of amides is 2. The van der Waals surface area contributed by atoms with Crippen LogP contribution < -0.4 is 15.0 Å². The number of nitrogens with zero attached hydrogens (tertiary/aromatic N) is 7. The summed E-state index contributed by atoms with van der Waals surface area (Å²) in [6, 6.07) is 2.25. The highest BCUT2D eigenvalue weighted by molar-refractivity contribution is 7.23. The molecule has 1 aliphatic carbocycles. The van der Waals surface area contributed by atoms with Crippen LogP contribution >= 0.6 is 11.3 Å². The number of halogens is 2. The van der Waals surface area contributed by atoms with Gasteiger partial charge in [-0.2, -0.15) is 15.2 Å². The number of anilines is 2. The van der Waals surface area contributed by atoms with Gasteiger partial charge in [0.2, 0.25) is 0 Å². The summed E-state index contributed by atoms with van der Waals surface area (Å²) in [4.78, 5) is 47.0. The number of rotatable bonds is 8. The zero-order valence-corrected chi connectivity index (χ0v) is 36.5. The number of piperazine rings is 1. The van der Waals surface area contributed by atoms with Crippen molar-refractivity contribution in [3.8, 4) is 23.3 Å². The van der Waals surface area contributed by atoms with E-state index in [4.69, 9.17) is 33.7 Å². The monoisotopic (exact) mass is 872 g/mol. The summed E-state index contributed by atoms with van der Waals surface area (Å²) in [6.45, 7) is 14.4. The molecule has 4 bridgehead atoms. The van der Waals surface area contributed by atoms with Crippen LogP contribution in [0.5, 0.6) is 6.01 Å². The van der Waals surface area contributed by atoms with Crippen molar-refractivity contribution in [3.63, 3.8) is 0 Å². The second-order valence-electron chi connectivity index (χ2n) is 19.6. The van der Waals surface area contributed by atoms with Crippen molar-refractivity contribution in [1.82, 2.24) is 24.8 Å². The Balaban J connectivity index is 1.09. The van der Waals surface area contributed by atoms with Crippen LogP contribution in [0.4, 0.5) is 29.2 Å². The second-order valence-corrected chi connectivity index (χ2v) is 20.7. The van der Waals surface area contributed by atoms with Crippen LogP contribution in [0.25, 0.3) is 32.2 Å². The molecule has 2 unspecified atom stereocenters. The molecular formula is C44H50F2N8O7S. The predicted octanol–water partition coefficient (Wildman–Crippen LogP) is 7.65. The number of carbonyl (C=O) groups excluding carboxylic acids is 2.